The van der Waals surface area contributed by atoms with E-state index in [4.69, 9.17) is 10.5 Å². The number of nitrogens with zero attached hydrogens (tertiary/aromatic N) is 1. The Labute approximate surface area is 160 Å². The van der Waals surface area contributed by atoms with E-state index in [-0.39, 0.29) is 24.3 Å². The maximum Gasteiger partial charge on any atom is 0.260 e. The maximum atomic E-state index is 12.4. The second-order valence-electron chi connectivity index (χ2n) is 7.09. The van der Waals surface area contributed by atoms with Gasteiger partial charge in [0.05, 0.1) is 0 Å². The van der Waals surface area contributed by atoms with Crippen LogP contribution in [-0.4, -0.2) is 42.3 Å². The predicted molar refractivity (Wildman–Crippen MR) is 105 cm³/mol. The molecule has 1 unspecified atom stereocenters. The molecule has 2 N–H and O–H groups in total. The number of likely N-dealkylation sites (tertiary alicyclic amines) is 1. The van der Waals surface area contributed by atoms with Gasteiger partial charge in [-0.15, -0.1) is 0 Å². The Balaban J connectivity index is 1.50. The molecule has 0 aromatic heterocycles. The van der Waals surface area contributed by atoms with Gasteiger partial charge in [-0.3, -0.25) is 9.59 Å². The number of rotatable bonds is 6. The van der Waals surface area contributed by atoms with Crippen LogP contribution in [0.15, 0.2) is 54.6 Å². The largest absolute Gasteiger partial charge is 0.484 e. The third-order valence-corrected chi connectivity index (χ3v) is 5.15. The number of carbonyl (C=O) groups is 2. The van der Waals surface area contributed by atoms with Crippen LogP contribution in [0.25, 0.3) is 0 Å². The minimum Gasteiger partial charge on any atom is -0.484 e. The number of hydrogen-bond acceptors (Lipinski definition) is 4. The number of carbonyl (C=O) groups excluding carboxylic acids is 2. The molecule has 142 valence electrons. The topological polar surface area (TPSA) is 72.6 Å². The minimum absolute atomic E-state index is 0.00875. The molecule has 0 bridgehead atoms. The summed E-state index contributed by atoms with van der Waals surface area (Å²) >= 11 is 0. The van der Waals surface area contributed by atoms with Crippen LogP contribution in [0, 0.1) is 5.92 Å². The van der Waals surface area contributed by atoms with Gasteiger partial charge in [-0.25, -0.2) is 0 Å². The predicted octanol–water partition coefficient (Wildman–Crippen LogP) is 2.88. The minimum atomic E-state index is -0.0322. The Morgan fingerprint density at radius 2 is 1.63 bits per heavy atom. The van der Waals surface area contributed by atoms with Gasteiger partial charge in [0, 0.05) is 30.3 Å². The van der Waals surface area contributed by atoms with Gasteiger partial charge in [0.1, 0.15) is 5.75 Å². The molecule has 0 spiro atoms. The monoisotopic (exact) mass is 366 g/mol. The quantitative estimate of drug-likeness (QED) is 0.798. The standard InChI is InChI=1S/C22H26N2O3/c1-16(23)17-11-13-24(14-12-17)21(25)15-27-20-9-7-19(8-10-20)22(26)18-5-3-2-4-6-18/h2-10,16-17H,11-15,23H2,1H3. The number of piperidine rings is 1. The lowest BCUT2D eigenvalue weighted by Gasteiger charge is -2.33. The molecule has 1 amide bonds. The van der Waals surface area contributed by atoms with Crippen molar-refractivity contribution >= 4 is 11.7 Å². The van der Waals surface area contributed by atoms with Gasteiger partial charge in [-0.1, -0.05) is 30.3 Å². The summed E-state index contributed by atoms with van der Waals surface area (Å²) in [4.78, 5) is 26.6. The van der Waals surface area contributed by atoms with Crippen LogP contribution in [0.3, 0.4) is 0 Å². The van der Waals surface area contributed by atoms with Crippen molar-refractivity contribution in [3.05, 3.63) is 65.7 Å². The molecule has 1 atom stereocenters. The molecule has 1 fully saturated rings. The molecule has 0 radical (unpaired) electrons. The number of hydrogen-bond donors (Lipinski definition) is 1. The Morgan fingerprint density at radius 3 is 2.22 bits per heavy atom. The molecule has 1 aliphatic heterocycles. The van der Waals surface area contributed by atoms with Gasteiger partial charge in [-0.05, 0) is 49.9 Å². The van der Waals surface area contributed by atoms with E-state index in [2.05, 4.69) is 0 Å². The van der Waals surface area contributed by atoms with Crippen LogP contribution in [0.5, 0.6) is 5.75 Å². The fraction of sp³-hybridized carbons (Fsp3) is 0.364. The van der Waals surface area contributed by atoms with Gasteiger partial charge < -0.3 is 15.4 Å². The Hall–Kier alpha value is -2.66. The van der Waals surface area contributed by atoms with Crippen molar-refractivity contribution < 1.29 is 14.3 Å². The van der Waals surface area contributed by atoms with Crippen molar-refractivity contribution in [2.45, 2.75) is 25.8 Å². The number of ketones is 1. The molecule has 5 heteroatoms. The van der Waals surface area contributed by atoms with Crippen molar-refractivity contribution in [1.82, 2.24) is 4.90 Å². The van der Waals surface area contributed by atoms with Crippen LogP contribution in [0.4, 0.5) is 0 Å². The second-order valence-corrected chi connectivity index (χ2v) is 7.09. The van der Waals surface area contributed by atoms with E-state index in [0.29, 0.717) is 22.8 Å². The van der Waals surface area contributed by atoms with E-state index in [1.165, 1.54) is 0 Å². The highest BCUT2D eigenvalue weighted by Gasteiger charge is 2.24. The van der Waals surface area contributed by atoms with Gasteiger partial charge in [0.25, 0.3) is 5.91 Å². The van der Waals surface area contributed by atoms with Crippen molar-refractivity contribution in [3.63, 3.8) is 0 Å². The third kappa shape index (κ3) is 4.95. The number of amides is 1. The molecule has 0 aliphatic carbocycles. The molecule has 5 nitrogen and oxygen atoms in total. The Morgan fingerprint density at radius 1 is 1.04 bits per heavy atom. The van der Waals surface area contributed by atoms with Crippen molar-refractivity contribution in [1.29, 1.82) is 0 Å². The molecule has 27 heavy (non-hydrogen) atoms. The zero-order valence-electron chi connectivity index (χ0n) is 15.6. The maximum absolute atomic E-state index is 12.4. The smallest absolute Gasteiger partial charge is 0.260 e. The summed E-state index contributed by atoms with van der Waals surface area (Å²) < 4.78 is 5.61. The normalized spacial score (nSPS) is 16.0. The summed E-state index contributed by atoms with van der Waals surface area (Å²) in [5, 5.41) is 0. The Kier molecular flexibility index (Phi) is 6.24. The fourth-order valence-corrected chi connectivity index (χ4v) is 3.37. The fourth-order valence-electron chi connectivity index (χ4n) is 3.37. The summed E-state index contributed by atoms with van der Waals surface area (Å²) in [6.45, 7) is 3.50. The van der Waals surface area contributed by atoms with Crippen molar-refractivity contribution in [2.24, 2.45) is 11.7 Å². The van der Waals surface area contributed by atoms with Crippen LogP contribution in [0.1, 0.15) is 35.7 Å². The lowest BCUT2D eigenvalue weighted by atomic mass is 9.91. The SMILES string of the molecule is CC(N)C1CCN(C(=O)COc2ccc(C(=O)c3ccccc3)cc2)CC1. The van der Waals surface area contributed by atoms with Gasteiger partial charge >= 0.3 is 0 Å². The summed E-state index contributed by atoms with van der Waals surface area (Å²) in [6.07, 6.45) is 1.89. The first-order valence-electron chi connectivity index (χ1n) is 9.40. The number of nitrogens with two attached hydrogens (primary N) is 1. The van der Waals surface area contributed by atoms with Gasteiger partial charge in [0.2, 0.25) is 0 Å². The lowest BCUT2D eigenvalue weighted by Crippen LogP contribution is -2.44. The summed E-state index contributed by atoms with van der Waals surface area (Å²) in [5.74, 6) is 1.03. The van der Waals surface area contributed by atoms with E-state index < -0.39 is 0 Å². The first-order chi connectivity index (χ1) is 13.0. The van der Waals surface area contributed by atoms with Crippen LogP contribution in [-0.2, 0) is 4.79 Å². The third-order valence-electron chi connectivity index (χ3n) is 5.15. The summed E-state index contributed by atoms with van der Waals surface area (Å²) in [6, 6.07) is 16.2. The van der Waals surface area contributed by atoms with Crippen LogP contribution < -0.4 is 10.5 Å². The highest BCUT2D eigenvalue weighted by molar-refractivity contribution is 6.08. The van der Waals surface area contributed by atoms with E-state index in [9.17, 15) is 9.59 Å². The van der Waals surface area contributed by atoms with Crippen LogP contribution >= 0.6 is 0 Å². The average Bonchev–Trinajstić information content (AvgIpc) is 2.72. The molecule has 0 saturated carbocycles. The van der Waals surface area contributed by atoms with Gasteiger partial charge in [-0.2, -0.15) is 0 Å². The first kappa shape index (κ1) is 19.1. The average molecular weight is 366 g/mol. The summed E-state index contributed by atoms with van der Waals surface area (Å²) in [7, 11) is 0. The molecule has 1 saturated heterocycles. The van der Waals surface area contributed by atoms with Crippen molar-refractivity contribution in [3.8, 4) is 5.75 Å². The van der Waals surface area contributed by atoms with E-state index >= 15 is 0 Å². The molecule has 2 aromatic rings. The molecular weight excluding hydrogens is 340 g/mol. The van der Waals surface area contributed by atoms with Gasteiger partial charge in [0.15, 0.2) is 12.4 Å². The van der Waals surface area contributed by atoms with Crippen LogP contribution in [0.2, 0.25) is 0 Å². The zero-order valence-corrected chi connectivity index (χ0v) is 15.6. The molecular formula is C22H26N2O3. The van der Waals surface area contributed by atoms with E-state index in [1.807, 2.05) is 30.0 Å². The Bertz CT molecular complexity index is 764. The lowest BCUT2D eigenvalue weighted by molar-refractivity contribution is -0.134. The molecule has 1 aliphatic rings. The van der Waals surface area contributed by atoms with E-state index in [0.717, 1.165) is 25.9 Å². The molecule has 2 aromatic carbocycles. The number of benzene rings is 2. The highest BCUT2D eigenvalue weighted by atomic mass is 16.5. The zero-order chi connectivity index (χ0) is 19.2. The first-order valence-corrected chi connectivity index (χ1v) is 9.40. The highest BCUT2D eigenvalue weighted by Crippen LogP contribution is 2.20. The molecule has 1 heterocycles. The summed E-state index contributed by atoms with van der Waals surface area (Å²) in [5.41, 5.74) is 7.19. The van der Waals surface area contributed by atoms with Crippen molar-refractivity contribution in [2.75, 3.05) is 19.7 Å². The van der Waals surface area contributed by atoms with E-state index in [1.54, 1.807) is 36.4 Å². The number of ether oxygens (including phenoxy) is 1. The second kappa shape index (κ2) is 8.82. The molecule has 3 rings (SSSR count).